The number of halogens is 1. The molecule has 1 aromatic rings. The number of aromatic hydroxyl groups is 1. The number of epoxide rings is 1. The number of phenols is 1. The Hall–Kier alpha value is -1.29. The van der Waals surface area contributed by atoms with E-state index in [9.17, 15) is 9.50 Å². The van der Waals surface area contributed by atoms with Gasteiger partial charge in [-0.25, -0.2) is 4.39 Å². The number of benzene rings is 1. The zero-order chi connectivity index (χ0) is 9.26. The lowest BCUT2D eigenvalue weighted by molar-refractivity contribution is 0.251. The molecule has 1 atom stereocenters. The predicted octanol–water partition coefficient (Wildman–Crippen LogP) is 1.31. The summed E-state index contributed by atoms with van der Waals surface area (Å²) in [6.45, 7) is 1.03. The van der Waals surface area contributed by atoms with Crippen LogP contribution in [0.5, 0.6) is 11.5 Å². The molecule has 1 unspecified atom stereocenters. The van der Waals surface area contributed by atoms with Crippen molar-refractivity contribution in [1.29, 1.82) is 0 Å². The average Bonchev–Trinajstić information content (AvgIpc) is 2.91. The molecule has 1 saturated heterocycles. The van der Waals surface area contributed by atoms with Gasteiger partial charge in [-0.1, -0.05) is 6.07 Å². The van der Waals surface area contributed by atoms with Gasteiger partial charge in [-0.3, -0.25) is 0 Å². The van der Waals surface area contributed by atoms with E-state index < -0.39 is 11.6 Å². The Morgan fingerprint density at radius 1 is 1.62 bits per heavy atom. The minimum Gasteiger partial charge on any atom is -0.502 e. The van der Waals surface area contributed by atoms with E-state index >= 15 is 0 Å². The van der Waals surface area contributed by atoms with Crippen molar-refractivity contribution in [2.75, 3.05) is 13.2 Å². The highest BCUT2D eigenvalue weighted by Crippen LogP contribution is 2.28. The monoisotopic (exact) mass is 184 g/mol. The second-order valence-corrected chi connectivity index (χ2v) is 2.85. The first kappa shape index (κ1) is 8.31. The molecule has 4 heteroatoms. The van der Waals surface area contributed by atoms with Crippen molar-refractivity contribution in [3.05, 3.63) is 24.0 Å². The number of hydrogen-bond acceptors (Lipinski definition) is 3. The maximum Gasteiger partial charge on any atom is 0.194 e. The van der Waals surface area contributed by atoms with Crippen molar-refractivity contribution in [1.82, 2.24) is 0 Å². The summed E-state index contributed by atoms with van der Waals surface area (Å²) in [5, 5.41) is 9.19. The molecule has 1 fully saturated rings. The maximum absolute atomic E-state index is 12.8. The first-order valence-electron chi connectivity index (χ1n) is 3.99. The number of hydrogen-bond donors (Lipinski definition) is 1. The van der Waals surface area contributed by atoms with Crippen molar-refractivity contribution in [2.24, 2.45) is 0 Å². The molecule has 2 rings (SSSR count). The highest BCUT2D eigenvalue weighted by molar-refractivity contribution is 5.39. The van der Waals surface area contributed by atoms with E-state index in [4.69, 9.17) is 9.47 Å². The van der Waals surface area contributed by atoms with Gasteiger partial charge >= 0.3 is 0 Å². The molecule has 3 nitrogen and oxygen atoms in total. The van der Waals surface area contributed by atoms with Crippen LogP contribution in [0, 0.1) is 5.82 Å². The van der Waals surface area contributed by atoms with Crippen molar-refractivity contribution in [2.45, 2.75) is 6.10 Å². The maximum atomic E-state index is 12.8. The van der Waals surface area contributed by atoms with E-state index in [1.807, 2.05) is 0 Å². The van der Waals surface area contributed by atoms with Crippen LogP contribution in [0.15, 0.2) is 18.2 Å². The summed E-state index contributed by atoms with van der Waals surface area (Å²) in [6, 6.07) is 4.18. The van der Waals surface area contributed by atoms with Gasteiger partial charge in [0.2, 0.25) is 0 Å². The lowest BCUT2D eigenvalue weighted by atomic mass is 10.3. The SMILES string of the molecule is Oc1c(F)cccc1OCC1CO1. The Balaban J connectivity index is 2.05. The topological polar surface area (TPSA) is 42.0 Å². The van der Waals surface area contributed by atoms with Gasteiger partial charge in [0.05, 0.1) is 6.61 Å². The zero-order valence-corrected chi connectivity index (χ0v) is 6.87. The van der Waals surface area contributed by atoms with Gasteiger partial charge in [0, 0.05) is 0 Å². The van der Waals surface area contributed by atoms with E-state index in [-0.39, 0.29) is 11.9 Å². The molecule has 1 aliphatic heterocycles. The van der Waals surface area contributed by atoms with Gasteiger partial charge in [0.25, 0.3) is 0 Å². The van der Waals surface area contributed by atoms with Crippen LogP contribution in [-0.4, -0.2) is 24.4 Å². The molecule has 1 aromatic carbocycles. The van der Waals surface area contributed by atoms with Crippen LogP contribution in [-0.2, 0) is 4.74 Å². The molecular weight excluding hydrogens is 175 g/mol. The molecule has 0 amide bonds. The molecular formula is C9H9FO3. The summed E-state index contributed by atoms with van der Waals surface area (Å²) in [6.07, 6.45) is 0.0997. The molecule has 0 spiro atoms. The highest BCUT2D eigenvalue weighted by atomic mass is 19.1. The number of phenolic OH excluding ortho intramolecular Hbond substituents is 1. The molecule has 1 N–H and O–H groups in total. The number of ether oxygens (including phenoxy) is 2. The predicted molar refractivity (Wildman–Crippen MR) is 43.3 cm³/mol. The van der Waals surface area contributed by atoms with Crippen LogP contribution in [0.25, 0.3) is 0 Å². The van der Waals surface area contributed by atoms with Crippen LogP contribution >= 0.6 is 0 Å². The molecule has 1 heterocycles. The van der Waals surface area contributed by atoms with Gasteiger partial charge in [-0.05, 0) is 12.1 Å². The summed E-state index contributed by atoms with van der Waals surface area (Å²) in [4.78, 5) is 0. The molecule has 0 radical (unpaired) electrons. The Bertz CT molecular complexity index is 310. The van der Waals surface area contributed by atoms with Gasteiger partial charge in [-0.15, -0.1) is 0 Å². The van der Waals surface area contributed by atoms with Gasteiger partial charge in [0.1, 0.15) is 12.7 Å². The van der Waals surface area contributed by atoms with Crippen molar-refractivity contribution >= 4 is 0 Å². The smallest absolute Gasteiger partial charge is 0.194 e. The van der Waals surface area contributed by atoms with Crippen LogP contribution < -0.4 is 4.74 Å². The van der Waals surface area contributed by atoms with Crippen molar-refractivity contribution < 1.29 is 19.0 Å². The van der Waals surface area contributed by atoms with Crippen LogP contribution in [0.3, 0.4) is 0 Å². The lowest BCUT2D eigenvalue weighted by Crippen LogP contribution is -2.04. The van der Waals surface area contributed by atoms with Gasteiger partial charge in [-0.2, -0.15) is 0 Å². The van der Waals surface area contributed by atoms with Gasteiger partial charge < -0.3 is 14.6 Å². The van der Waals surface area contributed by atoms with E-state index in [2.05, 4.69) is 0 Å². The van der Waals surface area contributed by atoms with Gasteiger partial charge in [0.15, 0.2) is 17.3 Å². The lowest BCUT2D eigenvalue weighted by Gasteiger charge is -2.05. The normalized spacial score (nSPS) is 19.9. The third-order valence-electron chi connectivity index (χ3n) is 1.78. The fourth-order valence-electron chi connectivity index (χ4n) is 0.959. The Labute approximate surface area is 74.7 Å². The third-order valence-corrected chi connectivity index (χ3v) is 1.78. The minimum absolute atomic E-state index is 0.0997. The third kappa shape index (κ3) is 1.89. The molecule has 1 aliphatic rings. The molecule has 0 saturated carbocycles. The Kier molecular flexibility index (Phi) is 2.06. The minimum atomic E-state index is -0.672. The second-order valence-electron chi connectivity index (χ2n) is 2.85. The largest absolute Gasteiger partial charge is 0.502 e. The summed E-state index contributed by atoms with van der Waals surface area (Å²) in [5.41, 5.74) is 0. The Morgan fingerprint density at radius 2 is 2.38 bits per heavy atom. The van der Waals surface area contributed by atoms with Crippen molar-refractivity contribution in [3.8, 4) is 11.5 Å². The average molecular weight is 184 g/mol. The Morgan fingerprint density at radius 3 is 3.08 bits per heavy atom. The molecule has 0 bridgehead atoms. The second kappa shape index (κ2) is 3.22. The van der Waals surface area contributed by atoms with Crippen LogP contribution in [0.4, 0.5) is 4.39 Å². The van der Waals surface area contributed by atoms with Crippen LogP contribution in [0.2, 0.25) is 0 Å². The molecule has 0 aromatic heterocycles. The molecule has 13 heavy (non-hydrogen) atoms. The molecule has 0 aliphatic carbocycles. The highest BCUT2D eigenvalue weighted by Gasteiger charge is 2.23. The standard InChI is InChI=1S/C9H9FO3/c10-7-2-1-3-8(9(7)11)13-5-6-4-12-6/h1-3,6,11H,4-5H2. The fraction of sp³-hybridized carbons (Fsp3) is 0.333. The van der Waals surface area contributed by atoms with E-state index in [1.165, 1.54) is 18.2 Å². The van der Waals surface area contributed by atoms with Crippen molar-refractivity contribution in [3.63, 3.8) is 0 Å². The first-order valence-corrected chi connectivity index (χ1v) is 3.99. The van der Waals surface area contributed by atoms with Crippen LogP contribution in [0.1, 0.15) is 0 Å². The van der Waals surface area contributed by atoms with E-state index in [0.29, 0.717) is 13.2 Å². The summed E-state index contributed by atoms with van der Waals surface area (Å²) >= 11 is 0. The number of para-hydroxylation sites is 1. The first-order chi connectivity index (χ1) is 6.27. The quantitative estimate of drug-likeness (QED) is 0.720. The summed E-state index contributed by atoms with van der Waals surface area (Å²) in [5.74, 6) is -0.951. The summed E-state index contributed by atoms with van der Waals surface area (Å²) < 4.78 is 22.8. The fourth-order valence-corrected chi connectivity index (χ4v) is 0.959. The zero-order valence-electron chi connectivity index (χ0n) is 6.87. The molecule has 70 valence electrons. The number of rotatable bonds is 3. The summed E-state index contributed by atoms with van der Waals surface area (Å²) in [7, 11) is 0. The van der Waals surface area contributed by atoms with E-state index in [1.54, 1.807) is 0 Å². The van der Waals surface area contributed by atoms with E-state index in [0.717, 1.165) is 0 Å².